The maximum atomic E-state index is 11.7. The van der Waals surface area contributed by atoms with E-state index in [4.69, 9.17) is 19.6 Å². The summed E-state index contributed by atoms with van der Waals surface area (Å²) in [5.74, 6) is -4.40. The van der Waals surface area contributed by atoms with Gasteiger partial charge in [0.2, 0.25) is 0 Å². The average Bonchev–Trinajstić information content (AvgIpc) is 2.74. The van der Waals surface area contributed by atoms with Crippen molar-refractivity contribution in [1.29, 1.82) is 0 Å². The summed E-state index contributed by atoms with van der Waals surface area (Å²) in [6.07, 6.45) is -5.08. The zero-order valence-corrected chi connectivity index (χ0v) is 13.9. The minimum absolute atomic E-state index is 0. The maximum Gasteiger partial charge on any atom is 0.365 e. The summed E-state index contributed by atoms with van der Waals surface area (Å²) >= 11 is 0. The lowest BCUT2D eigenvalue weighted by molar-refractivity contribution is -0.149. The standard InChI is InChI=1S/C11H15N2O11P.H3N/c14-5-1-2-13(11(19)12-5)8-7(16)6(15)4(24-8)3-23-10(9(17)18)25(20,21)22;/h1-2,4,6-8,10,15-16H,3H2,(H,17,18)(H,12,14,19)(H2,20,21,22);1H3/t4-,6-,7-,8-,10?;/m1./s1. The molecule has 1 aliphatic heterocycles. The lowest BCUT2D eigenvalue weighted by atomic mass is 10.1. The van der Waals surface area contributed by atoms with E-state index in [9.17, 15) is 29.2 Å². The molecule has 1 saturated heterocycles. The summed E-state index contributed by atoms with van der Waals surface area (Å²) in [6, 6.07) is 0.974. The Bertz CT molecular complexity index is 801. The number of aliphatic hydroxyl groups is 2. The number of carbonyl (C=O) groups is 1. The summed E-state index contributed by atoms with van der Waals surface area (Å²) < 4.78 is 21.6. The third-order valence-electron chi connectivity index (χ3n) is 3.40. The molecule has 0 aromatic carbocycles. The Morgan fingerprint density at radius 1 is 1.35 bits per heavy atom. The van der Waals surface area contributed by atoms with Gasteiger partial charge >= 0.3 is 19.3 Å². The third-order valence-corrected chi connectivity index (χ3v) is 4.38. The van der Waals surface area contributed by atoms with Crippen molar-refractivity contribution < 1.29 is 43.9 Å². The molecule has 5 atom stereocenters. The number of aromatic nitrogens is 2. The van der Waals surface area contributed by atoms with Crippen LogP contribution in [0.4, 0.5) is 0 Å². The molecule has 0 saturated carbocycles. The molecule has 1 unspecified atom stereocenters. The summed E-state index contributed by atoms with van der Waals surface area (Å²) in [4.78, 5) is 53.3. The van der Waals surface area contributed by atoms with E-state index in [2.05, 4.69) is 4.74 Å². The number of H-pyrrole nitrogens is 1. The fourth-order valence-corrected chi connectivity index (χ4v) is 2.79. The topological polar surface area (TPSA) is 244 Å². The molecule has 15 heteroatoms. The molecule has 2 heterocycles. The number of ether oxygens (including phenoxy) is 2. The first-order valence-corrected chi connectivity index (χ1v) is 8.43. The third kappa shape index (κ3) is 4.63. The van der Waals surface area contributed by atoms with Crippen molar-refractivity contribution in [3.63, 3.8) is 0 Å². The van der Waals surface area contributed by atoms with Crippen molar-refractivity contribution in [2.45, 2.75) is 30.4 Å². The number of hydrogen-bond donors (Lipinski definition) is 7. The molecule has 148 valence electrons. The van der Waals surface area contributed by atoms with Crippen molar-refractivity contribution in [3.8, 4) is 0 Å². The zero-order chi connectivity index (χ0) is 18.9. The minimum atomic E-state index is -5.13. The van der Waals surface area contributed by atoms with Crippen molar-refractivity contribution in [2.75, 3.05) is 6.61 Å². The molecular formula is C11H18N3O11P. The smallest absolute Gasteiger partial charge is 0.365 e. The van der Waals surface area contributed by atoms with Crippen LogP contribution in [0.25, 0.3) is 0 Å². The molecule has 1 fully saturated rings. The Hall–Kier alpha value is -1.90. The van der Waals surface area contributed by atoms with Crippen molar-refractivity contribution >= 4 is 13.6 Å². The number of nitrogens with one attached hydrogen (secondary N) is 1. The van der Waals surface area contributed by atoms with E-state index in [1.165, 1.54) is 0 Å². The molecule has 14 nitrogen and oxygen atoms in total. The Labute approximate surface area is 144 Å². The van der Waals surface area contributed by atoms with Gasteiger partial charge in [0, 0.05) is 12.3 Å². The Balaban J connectivity index is 0.00000338. The maximum absolute atomic E-state index is 11.7. The van der Waals surface area contributed by atoms with E-state index < -0.39 is 61.8 Å². The number of aromatic amines is 1. The zero-order valence-electron chi connectivity index (χ0n) is 13.0. The van der Waals surface area contributed by atoms with Crippen LogP contribution in [-0.4, -0.2) is 71.4 Å². The minimum Gasteiger partial charge on any atom is -0.479 e. The number of aliphatic carboxylic acids is 1. The van der Waals surface area contributed by atoms with Crippen LogP contribution in [0.5, 0.6) is 0 Å². The number of nitrogens with zero attached hydrogens (tertiary/aromatic N) is 1. The molecule has 0 aliphatic carbocycles. The first kappa shape index (κ1) is 22.1. The Morgan fingerprint density at radius 2 is 1.96 bits per heavy atom. The lowest BCUT2D eigenvalue weighted by Gasteiger charge is -2.19. The molecule has 0 amide bonds. The lowest BCUT2D eigenvalue weighted by Crippen LogP contribution is -2.38. The monoisotopic (exact) mass is 399 g/mol. The number of carboxylic acid groups (broad SMARTS) is 1. The molecule has 2 rings (SSSR count). The highest BCUT2D eigenvalue weighted by Gasteiger charge is 2.46. The summed E-state index contributed by atoms with van der Waals surface area (Å²) in [5.41, 5.74) is -1.62. The van der Waals surface area contributed by atoms with Gasteiger partial charge in [-0.3, -0.25) is 18.9 Å². The second-order valence-electron chi connectivity index (χ2n) is 5.18. The predicted molar refractivity (Wildman–Crippen MR) is 81.7 cm³/mol. The Morgan fingerprint density at radius 3 is 2.46 bits per heavy atom. The first-order valence-electron chi connectivity index (χ1n) is 6.75. The van der Waals surface area contributed by atoms with Crippen molar-refractivity contribution in [2.24, 2.45) is 0 Å². The molecule has 0 radical (unpaired) electrons. The number of carboxylic acids is 1. The molecule has 1 aromatic rings. The van der Waals surface area contributed by atoms with Gasteiger partial charge in [-0.05, 0) is 0 Å². The highest BCUT2D eigenvalue weighted by atomic mass is 31.2. The van der Waals surface area contributed by atoms with Crippen LogP contribution >= 0.6 is 7.60 Å². The SMILES string of the molecule is N.O=C(O)C(OC[C@H]1O[C@@H](n2ccc(=O)[nH]c2=O)[C@H](O)[C@@H]1O)P(=O)(O)O. The van der Waals surface area contributed by atoms with E-state index in [0.29, 0.717) is 0 Å². The van der Waals surface area contributed by atoms with Gasteiger partial charge in [0.15, 0.2) is 6.23 Å². The summed E-state index contributed by atoms with van der Waals surface area (Å²) in [6.45, 7) is -0.783. The Kier molecular flexibility index (Phi) is 6.98. The fourth-order valence-electron chi connectivity index (χ4n) is 2.22. The van der Waals surface area contributed by atoms with Crippen LogP contribution in [0.3, 0.4) is 0 Å². The molecule has 1 aliphatic rings. The second-order valence-corrected chi connectivity index (χ2v) is 6.82. The number of rotatable bonds is 6. The van der Waals surface area contributed by atoms with Gasteiger partial charge in [-0.2, -0.15) is 0 Å². The number of aliphatic hydroxyl groups excluding tert-OH is 2. The summed E-state index contributed by atoms with van der Waals surface area (Å²) in [7, 11) is -5.13. The average molecular weight is 399 g/mol. The first-order chi connectivity index (χ1) is 11.5. The van der Waals surface area contributed by atoms with E-state index in [0.717, 1.165) is 16.8 Å². The van der Waals surface area contributed by atoms with Gasteiger partial charge in [0.25, 0.3) is 11.4 Å². The van der Waals surface area contributed by atoms with Crippen LogP contribution in [0.2, 0.25) is 0 Å². The van der Waals surface area contributed by atoms with Gasteiger partial charge in [0.05, 0.1) is 6.61 Å². The van der Waals surface area contributed by atoms with E-state index in [-0.39, 0.29) is 6.15 Å². The molecule has 0 spiro atoms. The van der Waals surface area contributed by atoms with Gasteiger partial charge < -0.3 is 40.7 Å². The molecule has 26 heavy (non-hydrogen) atoms. The number of hydrogen-bond acceptors (Lipinski definition) is 9. The molecular weight excluding hydrogens is 381 g/mol. The highest BCUT2D eigenvalue weighted by molar-refractivity contribution is 7.53. The fraction of sp³-hybridized carbons (Fsp3) is 0.545. The van der Waals surface area contributed by atoms with Crippen LogP contribution in [0.1, 0.15) is 6.23 Å². The second kappa shape index (κ2) is 8.20. The summed E-state index contributed by atoms with van der Waals surface area (Å²) in [5, 5.41) is 28.6. The quantitative estimate of drug-likeness (QED) is 0.235. The molecule has 9 N–H and O–H groups in total. The van der Waals surface area contributed by atoms with Crippen molar-refractivity contribution in [1.82, 2.24) is 15.7 Å². The van der Waals surface area contributed by atoms with E-state index in [1.807, 2.05) is 4.98 Å². The normalized spacial score (nSPS) is 26.9. The molecule has 0 bridgehead atoms. The van der Waals surface area contributed by atoms with Gasteiger partial charge in [0.1, 0.15) is 18.3 Å². The van der Waals surface area contributed by atoms with Crippen LogP contribution < -0.4 is 17.4 Å². The van der Waals surface area contributed by atoms with Crippen LogP contribution in [-0.2, 0) is 18.8 Å². The van der Waals surface area contributed by atoms with E-state index in [1.54, 1.807) is 0 Å². The van der Waals surface area contributed by atoms with Crippen LogP contribution in [0, 0.1) is 0 Å². The van der Waals surface area contributed by atoms with Gasteiger partial charge in [-0.1, -0.05) is 0 Å². The molecule has 1 aromatic heterocycles. The van der Waals surface area contributed by atoms with Gasteiger partial charge in [-0.15, -0.1) is 0 Å². The highest BCUT2D eigenvalue weighted by Crippen LogP contribution is 2.42. The van der Waals surface area contributed by atoms with Crippen LogP contribution in [0.15, 0.2) is 21.9 Å². The van der Waals surface area contributed by atoms with Crippen molar-refractivity contribution in [3.05, 3.63) is 33.1 Å². The largest absolute Gasteiger partial charge is 0.479 e. The van der Waals surface area contributed by atoms with E-state index >= 15 is 0 Å². The van der Waals surface area contributed by atoms with Gasteiger partial charge in [-0.25, -0.2) is 9.59 Å². The predicted octanol–water partition coefficient (Wildman–Crippen LogP) is -3.08.